The van der Waals surface area contributed by atoms with E-state index in [1.807, 2.05) is 0 Å². The Morgan fingerprint density at radius 1 is 1.00 bits per heavy atom. The highest BCUT2D eigenvalue weighted by molar-refractivity contribution is 7.91. The molecule has 35 heavy (non-hydrogen) atoms. The summed E-state index contributed by atoms with van der Waals surface area (Å²) >= 11 is 0. The highest BCUT2D eigenvalue weighted by Gasteiger charge is 2.58. The lowest BCUT2D eigenvalue weighted by Crippen LogP contribution is -2.41. The molecule has 4 aromatic rings. The highest BCUT2D eigenvalue weighted by atomic mass is 32.2. The van der Waals surface area contributed by atoms with Gasteiger partial charge in [0.1, 0.15) is 0 Å². The van der Waals surface area contributed by atoms with Crippen molar-refractivity contribution in [2.75, 3.05) is 12.4 Å². The van der Waals surface area contributed by atoms with Crippen LogP contribution in [0.2, 0.25) is 0 Å². The molecule has 0 aliphatic carbocycles. The number of halogens is 5. The van der Waals surface area contributed by atoms with Crippen LogP contribution in [0.15, 0.2) is 41.9 Å². The molecule has 0 atom stereocenters. The third-order valence-corrected chi connectivity index (χ3v) is 6.58. The van der Waals surface area contributed by atoms with Gasteiger partial charge in [-0.2, -0.15) is 32.1 Å². The van der Waals surface area contributed by atoms with E-state index in [1.165, 1.54) is 17.6 Å². The predicted octanol–water partition coefficient (Wildman–Crippen LogP) is 2.96. The molecule has 4 rings (SSSR count). The van der Waals surface area contributed by atoms with E-state index in [-0.39, 0.29) is 27.7 Å². The van der Waals surface area contributed by atoms with Gasteiger partial charge in [-0.05, 0) is 12.1 Å². The first-order valence-electron chi connectivity index (χ1n) is 9.84. The Hall–Kier alpha value is -3.69. The maximum absolute atomic E-state index is 13.1. The van der Waals surface area contributed by atoms with E-state index >= 15 is 0 Å². The average Bonchev–Trinajstić information content (AvgIpc) is 3.41. The van der Waals surface area contributed by atoms with E-state index < -0.39 is 34.4 Å². The molecule has 0 N–H and O–H groups in total. The van der Waals surface area contributed by atoms with Crippen molar-refractivity contribution < 1.29 is 35.1 Å². The fraction of sp³-hybridized carbons (Fsp3) is 0.316. The van der Waals surface area contributed by atoms with Crippen molar-refractivity contribution in [3.63, 3.8) is 0 Å². The van der Waals surface area contributed by atoms with Crippen LogP contribution >= 0.6 is 0 Å². The summed E-state index contributed by atoms with van der Waals surface area (Å²) in [6.45, 7) is -0.575. The zero-order valence-electron chi connectivity index (χ0n) is 18.0. The smallest absolute Gasteiger partial charge is 0.456 e. The molecule has 0 aliphatic rings. The minimum atomic E-state index is -5.79. The molecule has 186 valence electrons. The van der Waals surface area contributed by atoms with Gasteiger partial charge in [-0.15, -0.1) is 0 Å². The number of hydrogen-bond acceptors (Lipinski definition) is 8. The van der Waals surface area contributed by atoms with Crippen LogP contribution in [0.5, 0.6) is 5.88 Å². The molecule has 0 spiro atoms. The van der Waals surface area contributed by atoms with E-state index in [0.717, 1.165) is 12.4 Å². The van der Waals surface area contributed by atoms with E-state index in [9.17, 15) is 30.4 Å². The number of sulfone groups is 1. The van der Waals surface area contributed by atoms with Crippen molar-refractivity contribution in [2.24, 2.45) is 7.05 Å². The molecule has 4 aromatic heterocycles. The summed E-state index contributed by atoms with van der Waals surface area (Å²) in [5, 5.41) is 7.98. The lowest BCUT2D eigenvalue weighted by Gasteiger charge is -2.19. The normalized spacial score (nSPS) is 12.9. The molecule has 0 bridgehead atoms. The lowest BCUT2D eigenvalue weighted by molar-refractivity contribution is -0.290. The Labute approximate surface area is 194 Å². The number of nitrogens with zero attached hydrogens (tertiary/aromatic N) is 7. The SMILES string of the molecule is CCS(=O)(=O)c1nn2c(-c3ccnn3C)ccnc2c1-c1cnc(OCC(F)(F)C(F)(F)F)cn1. The van der Waals surface area contributed by atoms with Gasteiger partial charge in [0.05, 0.1) is 40.8 Å². The van der Waals surface area contributed by atoms with E-state index in [0.29, 0.717) is 11.4 Å². The van der Waals surface area contributed by atoms with Crippen LogP contribution in [0.4, 0.5) is 22.0 Å². The van der Waals surface area contributed by atoms with Crippen LogP contribution < -0.4 is 4.74 Å². The summed E-state index contributed by atoms with van der Waals surface area (Å²) in [5.41, 5.74) is 1.10. The number of aryl methyl sites for hydroxylation is 1. The van der Waals surface area contributed by atoms with Crippen LogP contribution in [-0.2, 0) is 16.9 Å². The van der Waals surface area contributed by atoms with Crippen molar-refractivity contribution in [2.45, 2.75) is 24.0 Å². The highest BCUT2D eigenvalue weighted by Crippen LogP contribution is 2.36. The first-order chi connectivity index (χ1) is 16.4. The first kappa shape index (κ1) is 24.4. The van der Waals surface area contributed by atoms with Gasteiger partial charge >= 0.3 is 12.1 Å². The fourth-order valence-corrected chi connectivity index (χ4v) is 4.08. The van der Waals surface area contributed by atoms with Gasteiger partial charge in [0.15, 0.2) is 27.1 Å². The van der Waals surface area contributed by atoms with Crippen LogP contribution in [0, 0.1) is 0 Å². The molecule has 0 aromatic carbocycles. The Kier molecular flexibility index (Phi) is 5.94. The van der Waals surface area contributed by atoms with E-state index in [2.05, 4.69) is 29.9 Å². The molecule has 0 amide bonds. The van der Waals surface area contributed by atoms with Gasteiger partial charge in [-0.1, -0.05) is 6.92 Å². The Balaban J connectivity index is 1.80. The molecule has 0 radical (unpaired) electrons. The molecule has 0 saturated heterocycles. The Morgan fingerprint density at radius 3 is 2.29 bits per heavy atom. The summed E-state index contributed by atoms with van der Waals surface area (Å²) in [7, 11) is -2.23. The van der Waals surface area contributed by atoms with E-state index in [1.54, 1.807) is 30.1 Å². The zero-order chi connectivity index (χ0) is 25.6. The minimum absolute atomic E-state index is 0.0180. The van der Waals surface area contributed by atoms with Gasteiger partial charge in [0.25, 0.3) is 0 Å². The number of ether oxygens (including phenoxy) is 1. The molecule has 0 fully saturated rings. The number of rotatable bonds is 7. The fourth-order valence-electron chi connectivity index (χ4n) is 3.09. The van der Waals surface area contributed by atoms with E-state index in [4.69, 9.17) is 0 Å². The molecule has 4 heterocycles. The summed E-state index contributed by atoms with van der Waals surface area (Å²) in [4.78, 5) is 11.9. The van der Waals surface area contributed by atoms with Crippen molar-refractivity contribution in [3.05, 3.63) is 36.9 Å². The molecular formula is C19H16F5N7O3S. The number of aromatic nitrogens is 7. The second kappa shape index (κ2) is 8.51. The van der Waals surface area contributed by atoms with Gasteiger partial charge in [-0.25, -0.2) is 27.9 Å². The second-order valence-corrected chi connectivity index (χ2v) is 9.41. The second-order valence-electron chi connectivity index (χ2n) is 7.22. The van der Waals surface area contributed by atoms with Crippen LogP contribution in [0.1, 0.15) is 6.92 Å². The van der Waals surface area contributed by atoms with Gasteiger partial charge in [-0.3, -0.25) is 4.68 Å². The minimum Gasteiger partial charge on any atom is -0.470 e. The van der Waals surface area contributed by atoms with Crippen molar-refractivity contribution in [1.82, 2.24) is 34.3 Å². The number of alkyl halides is 5. The molecule has 0 saturated carbocycles. The molecule has 0 aliphatic heterocycles. The third-order valence-electron chi connectivity index (χ3n) is 4.94. The van der Waals surface area contributed by atoms with Crippen molar-refractivity contribution >= 4 is 15.5 Å². The zero-order valence-corrected chi connectivity index (χ0v) is 18.8. The maximum Gasteiger partial charge on any atom is 0.456 e. The molecular weight excluding hydrogens is 501 g/mol. The quantitative estimate of drug-likeness (QED) is 0.344. The molecule has 0 unspecified atom stereocenters. The lowest BCUT2D eigenvalue weighted by atomic mass is 10.2. The Morgan fingerprint density at radius 2 is 1.71 bits per heavy atom. The summed E-state index contributed by atoms with van der Waals surface area (Å²) in [5.74, 6) is -6.01. The van der Waals surface area contributed by atoms with Crippen molar-refractivity contribution in [1.29, 1.82) is 0 Å². The summed E-state index contributed by atoms with van der Waals surface area (Å²) in [6.07, 6.45) is -1.04. The van der Waals surface area contributed by atoms with Gasteiger partial charge in [0, 0.05) is 19.4 Å². The Bertz CT molecular complexity index is 1480. The van der Waals surface area contributed by atoms with Crippen LogP contribution in [0.25, 0.3) is 28.3 Å². The predicted molar refractivity (Wildman–Crippen MR) is 110 cm³/mol. The monoisotopic (exact) mass is 517 g/mol. The first-order valence-corrected chi connectivity index (χ1v) is 11.5. The third kappa shape index (κ3) is 4.40. The number of hydrogen-bond donors (Lipinski definition) is 0. The van der Waals surface area contributed by atoms with Gasteiger partial charge < -0.3 is 4.74 Å². The molecule has 16 heteroatoms. The maximum atomic E-state index is 13.1. The number of fused-ring (bicyclic) bond motifs is 1. The van der Waals surface area contributed by atoms with Crippen LogP contribution in [-0.4, -0.2) is 67.2 Å². The molecule has 10 nitrogen and oxygen atoms in total. The van der Waals surface area contributed by atoms with Crippen LogP contribution in [0.3, 0.4) is 0 Å². The summed E-state index contributed by atoms with van der Waals surface area (Å²) in [6, 6.07) is 3.29. The van der Waals surface area contributed by atoms with Gasteiger partial charge in [0.2, 0.25) is 5.88 Å². The standard InChI is InChI=1S/C19H16F5N7O3S/c1-3-35(32,33)17-15(11-8-27-14(9-26-11)34-10-18(20,21)19(22,23)24)16-25-6-4-13(31(16)29-17)12-5-7-28-30(12)2/h4-9H,3,10H2,1-2H3. The largest absolute Gasteiger partial charge is 0.470 e. The topological polar surface area (TPSA) is 117 Å². The average molecular weight is 517 g/mol. The summed E-state index contributed by atoms with van der Waals surface area (Å²) < 4.78 is 96.2. The van der Waals surface area contributed by atoms with Crippen molar-refractivity contribution in [3.8, 4) is 28.5 Å².